The molecule has 1 N–H and O–H groups in total. The SMILES string of the molecule is FC(F)(F)c1ccc(OCCNc2ncnc3ccncc23)nc1. The Hall–Kier alpha value is -2.97. The summed E-state index contributed by atoms with van der Waals surface area (Å²) < 4.78 is 42.6. The summed E-state index contributed by atoms with van der Waals surface area (Å²) in [6.45, 7) is 0.605. The average Bonchev–Trinajstić information content (AvgIpc) is 2.58. The highest BCUT2D eigenvalue weighted by Gasteiger charge is 2.30. The number of nitrogens with one attached hydrogen (secondary N) is 1. The molecule has 0 bridgehead atoms. The van der Waals surface area contributed by atoms with Crippen LogP contribution in [0.5, 0.6) is 5.88 Å². The van der Waals surface area contributed by atoms with E-state index in [-0.39, 0.29) is 12.5 Å². The molecule has 0 aliphatic carbocycles. The van der Waals surface area contributed by atoms with Gasteiger partial charge in [0.05, 0.1) is 23.0 Å². The molecule has 0 spiro atoms. The first-order chi connectivity index (χ1) is 11.5. The van der Waals surface area contributed by atoms with Gasteiger partial charge in [0.2, 0.25) is 5.88 Å². The van der Waals surface area contributed by atoms with Crippen LogP contribution in [0.1, 0.15) is 5.56 Å². The Kier molecular flexibility index (Phi) is 4.41. The third kappa shape index (κ3) is 3.67. The highest BCUT2D eigenvalue weighted by atomic mass is 19.4. The summed E-state index contributed by atoms with van der Waals surface area (Å²) in [5.74, 6) is 0.732. The molecule has 0 aliphatic heterocycles. The molecule has 0 unspecified atom stereocenters. The van der Waals surface area contributed by atoms with E-state index in [1.54, 1.807) is 18.5 Å². The Labute approximate surface area is 134 Å². The van der Waals surface area contributed by atoms with E-state index in [0.717, 1.165) is 23.2 Å². The molecule has 0 fully saturated rings. The van der Waals surface area contributed by atoms with Crippen molar-refractivity contribution >= 4 is 16.7 Å². The third-order valence-corrected chi connectivity index (χ3v) is 3.14. The van der Waals surface area contributed by atoms with Gasteiger partial charge in [-0.3, -0.25) is 4.98 Å². The Balaban J connectivity index is 1.55. The topological polar surface area (TPSA) is 72.8 Å². The number of hydrogen-bond donors (Lipinski definition) is 1. The molecule has 0 aliphatic rings. The van der Waals surface area contributed by atoms with Crippen molar-refractivity contribution in [1.29, 1.82) is 0 Å². The Bertz CT molecular complexity index is 818. The van der Waals surface area contributed by atoms with Gasteiger partial charge in [0.1, 0.15) is 18.8 Å². The number of halogens is 3. The first-order valence-electron chi connectivity index (χ1n) is 6.99. The molecule has 0 saturated carbocycles. The maximum absolute atomic E-state index is 12.4. The highest BCUT2D eigenvalue weighted by molar-refractivity contribution is 5.87. The lowest BCUT2D eigenvalue weighted by Crippen LogP contribution is -2.13. The van der Waals surface area contributed by atoms with E-state index in [1.807, 2.05) is 0 Å². The van der Waals surface area contributed by atoms with Crippen LogP contribution in [0.4, 0.5) is 19.0 Å². The molecule has 9 heteroatoms. The van der Waals surface area contributed by atoms with Crippen LogP contribution in [0.15, 0.2) is 43.1 Å². The zero-order valence-corrected chi connectivity index (χ0v) is 12.3. The van der Waals surface area contributed by atoms with Crippen LogP contribution in [0.25, 0.3) is 10.9 Å². The van der Waals surface area contributed by atoms with Crippen molar-refractivity contribution in [2.24, 2.45) is 0 Å². The Morgan fingerprint density at radius 3 is 2.67 bits per heavy atom. The van der Waals surface area contributed by atoms with Gasteiger partial charge < -0.3 is 10.1 Å². The average molecular weight is 335 g/mol. The molecule has 0 radical (unpaired) electrons. The molecule has 3 rings (SSSR count). The minimum Gasteiger partial charge on any atom is -0.476 e. The molecule has 3 aromatic heterocycles. The molecule has 124 valence electrons. The van der Waals surface area contributed by atoms with E-state index < -0.39 is 11.7 Å². The summed E-state index contributed by atoms with van der Waals surface area (Å²) in [6.07, 6.45) is 1.05. The summed E-state index contributed by atoms with van der Waals surface area (Å²) in [4.78, 5) is 15.9. The molecular weight excluding hydrogens is 323 g/mol. The predicted octanol–water partition coefficient (Wildman–Crippen LogP) is 2.93. The van der Waals surface area contributed by atoms with Crippen molar-refractivity contribution < 1.29 is 17.9 Å². The molecule has 0 atom stereocenters. The van der Waals surface area contributed by atoms with Gasteiger partial charge in [-0.25, -0.2) is 15.0 Å². The first kappa shape index (κ1) is 15.9. The molecular formula is C15H12F3N5O. The lowest BCUT2D eigenvalue weighted by Gasteiger charge is -2.10. The van der Waals surface area contributed by atoms with Crippen LogP contribution in [-0.2, 0) is 6.18 Å². The van der Waals surface area contributed by atoms with Gasteiger partial charge in [0.15, 0.2) is 0 Å². The van der Waals surface area contributed by atoms with Crippen LogP contribution < -0.4 is 10.1 Å². The second-order valence-electron chi connectivity index (χ2n) is 4.77. The van der Waals surface area contributed by atoms with Crippen molar-refractivity contribution in [2.45, 2.75) is 6.18 Å². The van der Waals surface area contributed by atoms with Crippen LogP contribution in [0.2, 0.25) is 0 Å². The first-order valence-corrected chi connectivity index (χ1v) is 6.99. The predicted molar refractivity (Wildman–Crippen MR) is 80.6 cm³/mol. The number of anilines is 1. The number of fused-ring (bicyclic) bond motifs is 1. The van der Waals surface area contributed by atoms with Crippen molar-refractivity contribution in [3.8, 4) is 5.88 Å². The van der Waals surface area contributed by atoms with Gasteiger partial charge in [-0.15, -0.1) is 0 Å². The molecule has 0 aromatic carbocycles. The molecule has 0 saturated heterocycles. The van der Waals surface area contributed by atoms with Crippen LogP contribution in [-0.4, -0.2) is 33.1 Å². The van der Waals surface area contributed by atoms with Gasteiger partial charge in [0, 0.05) is 24.7 Å². The number of hydrogen-bond acceptors (Lipinski definition) is 6. The van der Waals surface area contributed by atoms with Crippen LogP contribution in [0, 0.1) is 0 Å². The highest BCUT2D eigenvalue weighted by Crippen LogP contribution is 2.29. The molecule has 0 amide bonds. The van der Waals surface area contributed by atoms with Crippen LogP contribution in [0.3, 0.4) is 0 Å². The second kappa shape index (κ2) is 6.65. The Morgan fingerprint density at radius 1 is 1.04 bits per heavy atom. The number of nitrogens with zero attached hydrogens (tertiary/aromatic N) is 4. The lowest BCUT2D eigenvalue weighted by molar-refractivity contribution is -0.137. The van der Waals surface area contributed by atoms with Gasteiger partial charge in [-0.05, 0) is 12.1 Å². The van der Waals surface area contributed by atoms with Gasteiger partial charge >= 0.3 is 6.18 Å². The van der Waals surface area contributed by atoms with Crippen molar-refractivity contribution in [3.05, 3.63) is 48.7 Å². The van der Waals surface area contributed by atoms with Crippen molar-refractivity contribution in [1.82, 2.24) is 19.9 Å². The van der Waals surface area contributed by atoms with E-state index in [4.69, 9.17) is 4.74 Å². The maximum Gasteiger partial charge on any atom is 0.417 e. The fourth-order valence-electron chi connectivity index (χ4n) is 2.00. The molecule has 24 heavy (non-hydrogen) atoms. The minimum absolute atomic E-state index is 0.124. The molecule has 3 heterocycles. The van der Waals surface area contributed by atoms with Crippen molar-refractivity contribution in [2.75, 3.05) is 18.5 Å². The van der Waals surface area contributed by atoms with Crippen LogP contribution >= 0.6 is 0 Å². The minimum atomic E-state index is -4.41. The van der Waals surface area contributed by atoms with E-state index >= 15 is 0 Å². The third-order valence-electron chi connectivity index (χ3n) is 3.14. The van der Waals surface area contributed by atoms with E-state index in [1.165, 1.54) is 12.4 Å². The standard InChI is InChI=1S/C15H12F3N5O/c16-15(17,18)10-1-2-13(21-7-10)24-6-5-20-14-11-8-19-4-3-12(11)22-9-23-14/h1-4,7-9H,5-6H2,(H,20,22,23). The molecule has 6 nitrogen and oxygen atoms in total. The zero-order valence-electron chi connectivity index (χ0n) is 12.3. The fourth-order valence-corrected chi connectivity index (χ4v) is 2.00. The number of aromatic nitrogens is 4. The van der Waals surface area contributed by atoms with Gasteiger partial charge in [-0.2, -0.15) is 13.2 Å². The summed E-state index contributed by atoms with van der Waals surface area (Å²) in [5, 5.41) is 3.84. The van der Waals surface area contributed by atoms with Crippen molar-refractivity contribution in [3.63, 3.8) is 0 Å². The van der Waals surface area contributed by atoms with Gasteiger partial charge in [-0.1, -0.05) is 0 Å². The summed E-state index contributed by atoms with van der Waals surface area (Å²) in [6, 6.07) is 3.89. The lowest BCUT2D eigenvalue weighted by atomic mass is 10.3. The normalized spacial score (nSPS) is 11.5. The smallest absolute Gasteiger partial charge is 0.417 e. The zero-order chi connectivity index (χ0) is 17.0. The van der Waals surface area contributed by atoms with E-state index in [9.17, 15) is 13.2 Å². The largest absolute Gasteiger partial charge is 0.476 e. The summed E-state index contributed by atoms with van der Waals surface area (Å²) in [5.41, 5.74) is -0.0549. The number of alkyl halides is 3. The van der Waals surface area contributed by atoms with E-state index in [2.05, 4.69) is 25.3 Å². The maximum atomic E-state index is 12.4. The summed E-state index contributed by atoms with van der Waals surface area (Å²) >= 11 is 0. The monoisotopic (exact) mass is 335 g/mol. The quantitative estimate of drug-likeness (QED) is 0.723. The second-order valence-corrected chi connectivity index (χ2v) is 4.77. The Morgan fingerprint density at radius 2 is 1.92 bits per heavy atom. The number of ether oxygens (including phenoxy) is 1. The van der Waals surface area contributed by atoms with E-state index in [0.29, 0.717) is 12.4 Å². The molecule has 3 aromatic rings. The number of rotatable bonds is 5. The number of pyridine rings is 2. The fraction of sp³-hybridized carbons (Fsp3) is 0.200. The summed E-state index contributed by atoms with van der Waals surface area (Å²) in [7, 11) is 0. The van der Waals surface area contributed by atoms with Gasteiger partial charge in [0.25, 0.3) is 0 Å².